The van der Waals surface area contributed by atoms with E-state index in [9.17, 15) is 4.79 Å². The molecule has 2 rings (SSSR count). The molecular weight excluding hydrogens is 332 g/mol. The van der Waals surface area contributed by atoms with Gasteiger partial charge in [0.15, 0.2) is 0 Å². The fraction of sp³-hybridized carbons (Fsp3) is 0.733. The first-order valence-electron chi connectivity index (χ1n) is 7.86. The summed E-state index contributed by atoms with van der Waals surface area (Å²) in [6, 6.07) is 0.406. The highest BCUT2D eigenvalue weighted by molar-refractivity contribution is 9.10. The largest absolute Gasteiger partial charge is 0.366 e. The van der Waals surface area contributed by atoms with Crippen LogP contribution in [0.2, 0.25) is 0 Å². The zero-order valence-corrected chi connectivity index (χ0v) is 14.5. The van der Waals surface area contributed by atoms with Crippen molar-refractivity contribution in [1.29, 1.82) is 0 Å². The van der Waals surface area contributed by atoms with Gasteiger partial charge in [0.1, 0.15) is 4.47 Å². The van der Waals surface area contributed by atoms with Gasteiger partial charge in [-0.25, -0.2) is 4.68 Å². The molecule has 0 spiro atoms. The normalized spacial score (nSPS) is 22.3. The van der Waals surface area contributed by atoms with Crippen molar-refractivity contribution in [3.8, 4) is 0 Å². The molecule has 21 heavy (non-hydrogen) atoms. The van der Waals surface area contributed by atoms with E-state index in [-0.39, 0.29) is 5.56 Å². The minimum Gasteiger partial charge on any atom is -0.366 e. The van der Waals surface area contributed by atoms with Crippen LogP contribution >= 0.6 is 15.9 Å². The molecule has 2 atom stereocenters. The Morgan fingerprint density at radius 2 is 2.14 bits per heavy atom. The lowest BCUT2D eigenvalue weighted by atomic mass is 9.83. The summed E-state index contributed by atoms with van der Waals surface area (Å²) in [5.41, 5.74) is 6.80. The van der Waals surface area contributed by atoms with Gasteiger partial charge in [-0.3, -0.25) is 4.79 Å². The summed E-state index contributed by atoms with van der Waals surface area (Å²) in [4.78, 5) is 14.6. The molecule has 0 radical (unpaired) electrons. The Balaban J connectivity index is 2.37. The van der Waals surface area contributed by atoms with Crippen LogP contribution in [0, 0.1) is 5.92 Å². The van der Waals surface area contributed by atoms with E-state index in [0.717, 1.165) is 18.7 Å². The van der Waals surface area contributed by atoms with Crippen LogP contribution in [-0.2, 0) is 6.54 Å². The number of halogens is 1. The maximum atomic E-state index is 12.3. The molecule has 0 amide bonds. The van der Waals surface area contributed by atoms with Crippen molar-refractivity contribution in [1.82, 2.24) is 9.78 Å². The molecule has 0 aliphatic heterocycles. The summed E-state index contributed by atoms with van der Waals surface area (Å²) in [6.07, 6.45) is 6.61. The van der Waals surface area contributed by atoms with Gasteiger partial charge in [-0.05, 0) is 55.1 Å². The number of aromatic nitrogens is 2. The summed E-state index contributed by atoms with van der Waals surface area (Å²) in [7, 11) is 0. The minimum atomic E-state index is -0.0615. The summed E-state index contributed by atoms with van der Waals surface area (Å²) >= 11 is 3.48. The number of nitrogens with zero attached hydrogens (tertiary/aromatic N) is 3. The molecule has 6 heteroatoms. The van der Waals surface area contributed by atoms with E-state index in [4.69, 9.17) is 5.73 Å². The summed E-state index contributed by atoms with van der Waals surface area (Å²) in [6.45, 7) is 6.19. The fourth-order valence-electron chi connectivity index (χ4n) is 3.34. The quantitative estimate of drug-likeness (QED) is 0.879. The van der Waals surface area contributed by atoms with Gasteiger partial charge in [-0.2, -0.15) is 5.10 Å². The number of anilines is 1. The van der Waals surface area contributed by atoms with Crippen molar-refractivity contribution in [3.63, 3.8) is 0 Å². The molecule has 0 aromatic carbocycles. The Morgan fingerprint density at radius 3 is 2.76 bits per heavy atom. The number of aryl methyl sites for hydroxylation is 1. The van der Waals surface area contributed by atoms with Crippen LogP contribution < -0.4 is 16.2 Å². The molecule has 1 aromatic heterocycles. The maximum Gasteiger partial charge on any atom is 0.283 e. The lowest BCUT2D eigenvalue weighted by Crippen LogP contribution is -2.46. The molecule has 0 saturated heterocycles. The van der Waals surface area contributed by atoms with Crippen molar-refractivity contribution in [3.05, 3.63) is 21.0 Å². The first-order valence-corrected chi connectivity index (χ1v) is 8.65. The Kier molecular flexibility index (Phi) is 5.81. The summed E-state index contributed by atoms with van der Waals surface area (Å²) in [5.74, 6) is 0.499. The van der Waals surface area contributed by atoms with E-state index < -0.39 is 0 Å². The Hall–Kier alpha value is -0.880. The van der Waals surface area contributed by atoms with Crippen LogP contribution in [0.4, 0.5) is 5.69 Å². The second kappa shape index (κ2) is 7.40. The van der Waals surface area contributed by atoms with Gasteiger partial charge in [0.25, 0.3) is 5.56 Å². The zero-order valence-electron chi connectivity index (χ0n) is 12.9. The van der Waals surface area contributed by atoms with Gasteiger partial charge in [0, 0.05) is 19.1 Å². The molecule has 2 unspecified atom stereocenters. The first kappa shape index (κ1) is 16.5. The molecule has 118 valence electrons. The van der Waals surface area contributed by atoms with Crippen LogP contribution in [0.3, 0.4) is 0 Å². The van der Waals surface area contributed by atoms with Crippen molar-refractivity contribution in [2.24, 2.45) is 11.7 Å². The highest BCUT2D eigenvalue weighted by Crippen LogP contribution is 2.33. The number of rotatable bonds is 5. The first-order chi connectivity index (χ1) is 10.1. The van der Waals surface area contributed by atoms with Crippen LogP contribution in [0.25, 0.3) is 0 Å². The predicted molar refractivity (Wildman–Crippen MR) is 89.7 cm³/mol. The highest BCUT2D eigenvalue weighted by Gasteiger charge is 2.30. The van der Waals surface area contributed by atoms with Gasteiger partial charge in [0.2, 0.25) is 0 Å². The number of hydrogen-bond acceptors (Lipinski definition) is 4. The van der Waals surface area contributed by atoms with Crippen LogP contribution in [-0.4, -0.2) is 28.9 Å². The Bertz CT molecular complexity index is 531. The van der Waals surface area contributed by atoms with E-state index in [1.54, 1.807) is 6.20 Å². The lowest BCUT2D eigenvalue weighted by molar-refractivity contribution is 0.300. The van der Waals surface area contributed by atoms with Gasteiger partial charge < -0.3 is 10.6 Å². The topological polar surface area (TPSA) is 64.2 Å². The van der Waals surface area contributed by atoms with E-state index >= 15 is 0 Å². The molecule has 1 aliphatic rings. The standard InChI is InChI=1S/C15H25BrN4O/c1-3-19(12-8-6-5-7-11(12)9-17)13-10-18-20(4-2)15(21)14(13)16/h10-12H,3-9,17H2,1-2H3. The predicted octanol–water partition coefficient (Wildman–Crippen LogP) is 2.37. The van der Waals surface area contributed by atoms with E-state index in [0.29, 0.717) is 29.5 Å². The van der Waals surface area contributed by atoms with Crippen molar-refractivity contribution < 1.29 is 0 Å². The maximum absolute atomic E-state index is 12.3. The molecule has 1 aromatic rings. The highest BCUT2D eigenvalue weighted by atomic mass is 79.9. The van der Waals surface area contributed by atoms with Gasteiger partial charge in [-0.15, -0.1) is 0 Å². The average Bonchev–Trinajstić information content (AvgIpc) is 2.52. The zero-order chi connectivity index (χ0) is 15.4. The van der Waals surface area contributed by atoms with Crippen LogP contribution in [0.15, 0.2) is 15.5 Å². The van der Waals surface area contributed by atoms with E-state index in [1.165, 1.54) is 23.9 Å². The molecule has 2 N–H and O–H groups in total. The van der Waals surface area contributed by atoms with E-state index in [2.05, 4.69) is 32.9 Å². The molecule has 1 aliphatic carbocycles. The van der Waals surface area contributed by atoms with Crippen LogP contribution in [0.1, 0.15) is 39.5 Å². The molecule has 1 fully saturated rings. The Morgan fingerprint density at radius 1 is 1.43 bits per heavy atom. The number of nitrogens with two attached hydrogens (primary N) is 1. The second-order valence-corrected chi connectivity index (χ2v) is 6.39. The summed E-state index contributed by atoms with van der Waals surface area (Å²) < 4.78 is 2.09. The molecule has 5 nitrogen and oxygen atoms in total. The SMILES string of the molecule is CCN(c1cnn(CC)c(=O)c1Br)C1CCCCC1CN. The van der Waals surface area contributed by atoms with Gasteiger partial charge in [0.05, 0.1) is 11.9 Å². The number of hydrogen-bond donors (Lipinski definition) is 1. The second-order valence-electron chi connectivity index (χ2n) is 5.60. The van der Waals surface area contributed by atoms with Crippen LogP contribution in [0.5, 0.6) is 0 Å². The van der Waals surface area contributed by atoms with Gasteiger partial charge >= 0.3 is 0 Å². The summed E-state index contributed by atoms with van der Waals surface area (Å²) in [5, 5.41) is 4.27. The third-order valence-corrected chi connectivity index (χ3v) is 5.23. The van der Waals surface area contributed by atoms with E-state index in [1.807, 2.05) is 6.92 Å². The monoisotopic (exact) mass is 356 g/mol. The molecule has 1 heterocycles. The molecular formula is C15H25BrN4O. The molecule has 1 saturated carbocycles. The smallest absolute Gasteiger partial charge is 0.283 e. The van der Waals surface area contributed by atoms with Crippen molar-refractivity contribution in [2.75, 3.05) is 18.0 Å². The molecule has 0 bridgehead atoms. The lowest BCUT2D eigenvalue weighted by Gasteiger charge is -2.40. The average molecular weight is 357 g/mol. The van der Waals surface area contributed by atoms with Gasteiger partial charge in [-0.1, -0.05) is 12.8 Å². The third kappa shape index (κ3) is 3.31. The Labute approximate surface area is 134 Å². The van der Waals surface area contributed by atoms with Crippen molar-refractivity contribution in [2.45, 2.75) is 52.1 Å². The minimum absolute atomic E-state index is 0.0615. The fourth-order valence-corrected chi connectivity index (χ4v) is 3.87. The van der Waals surface area contributed by atoms with Crippen molar-refractivity contribution >= 4 is 21.6 Å². The third-order valence-electron chi connectivity index (χ3n) is 4.49.